The third kappa shape index (κ3) is 4.16. The molecule has 1 aliphatic carbocycles. The van der Waals surface area contributed by atoms with Gasteiger partial charge < -0.3 is 5.11 Å². The van der Waals surface area contributed by atoms with Crippen LogP contribution in [-0.4, -0.2) is 26.8 Å². The number of carboxylic acids is 1. The summed E-state index contributed by atoms with van der Waals surface area (Å²) in [6, 6.07) is 28.0. The number of rotatable bonds is 5. The van der Waals surface area contributed by atoms with Gasteiger partial charge in [0.1, 0.15) is 0 Å². The molecular formula is C30H25ClN2O3. The van der Waals surface area contributed by atoms with E-state index in [0.29, 0.717) is 22.8 Å². The first-order valence-corrected chi connectivity index (χ1v) is 12.2. The van der Waals surface area contributed by atoms with Crippen LogP contribution in [0.25, 0.3) is 22.5 Å². The van der Waals surface area contributed by atoms with Crippen LogP contribution in [0.15, 0.2) is 103 Å². The molecule has 6 heteroatoms. The number of carbonyl (C=O) groups is 2. The van der Waals surface area contributed by atoms with Crippen LogP contribution in [0, 0.1) is 5.41 Å². The number of aromatic nitrogens is 2. The molecule has 5 rings (SSSR count). The Balaban J connectivity index is 1.71. The molecule has 36 heavy (non-hydrogen) atoms. The maximum Gasteiger partial charge on any atom is 0.320 e. The number of halogens is 1. The van der Waals surface area contributed by atoms with Crippen LogP contribution >= 0.6 is 11.6 Å². The fraction of sp³-hybridized carbons (Fsp3) is 0.167. The highest BCUT2D eigenvalue weighted by Gasteiger charge is 2.55. The average Bonchev–Trinajstić information content (AvgIpc) is 3.35. The van der Waals surface area contributed by atoms with Gasteiger partial charge in [0, 0.05) is 22.1 Å². The highest BCUT2D eigenvalue weighted by molar-refractivity contribution is 6.30. The van der Waals surface area contributed by atoms with Gasteiger partial charge in [0.25, 0.3) is 5.91 Å². The normalized spacial score (nSPS) is 19.5. The van der Waals surface area contributed by atoms with Crippen molar-refractivity contribution in [2.24, 2.45) is 5.41 Å². The lowest BCUT2D eigenvalue weighted by Gasteiger charge is -2.38. The second-order valence-corrected chi connectivity index (χ2v) is 9.64. The molecule has 1 aliphatic rings. The van der Waals surface area contributed by atoms with E-state index in [0.717, 1.165) is 22.3 Å². The van der Waals surface area contributed by atoms with Crippen molar-refractivity contribution in [2.75, 3.05) is 0 Å². The number of hydrogen-bond donors (Lipinski definition) is 1. The van der Waals surface area contributed by atoms with E-state index in [1.165, 1.54) is 4.68 Å². The van der Waals surface area contributed by atoms with E-state index in [1.54, 1.807) is 12.1 Å². The van der Waals surface area contributed by atoms with E-state index in [2.05, 4.69) is 5.10 Å². The minimum atomic E-state index is -1.73. The number of aliphatic carboxylic acids is 1. The minimum absolute atomic E-state index is 0.0784. The van der Waals surface area contributed by atoms with Crippen molar-refractivity contribution >= 4 is 23.5 Å². The zero-order chi connectivity index (χ0) is 25.3. The molecule has 0 fully saturated rings. The van der Waals surface area contributed by atoms with Crippen LogP contribution in [-0.2, 0) is 4.79 Å². The first-order valence-electron chi connectivity index (χ1n) is 11.8. The number of hydrogen-bond acceptors (Lipinski definition) is 3. The van der Waals surface area contributed by atoms with E-state index in [-0.39, 0.29) is 6.42 Å². The third-order valence-electron chi connectivity index (χ3n) is 6.97. The van der Waals surface area contributed by atoms with Crippen LogP contribution in [0.5, 0.6) is 0 Å². The lowest BCUT2D eigenvalue weighted by Crippen LogP contribution is -2.48. The lowest BCUT2D eigenvalue weighted by molar-refractivity contribution is -0.147. The fourth-order valence-corrected chi connectivity index (χ4v) is 5.13. The van der Waals surface area contributed by atoms with E-state index in [4.69, 9.17) is 11.6 Å². The maximum absolute atomic E-state index is 14.4. The molecule has 0 aliphatic heterocycles. The van der Waals surface area contributed by atoms with Crippen molar-refractivity contribution < 1.29 is 14.7 Å². The van der Waals surface area contributed by atoms with E-state index in [1.807, 2.05) is 91.9 Å². The molecule has 3 aromatic carbocycles. The van der Waals surface area contributed by atoms with Crippen LogP contribution in [0.2, 0.25) is 5.02 Å². The quantitative estimate of drug-likeness (QED) is 0.236. The van der Waals surface area contributed by atoms with Crippen molar-refractivity contribution in [2.45, 2.75) is 25.7 Å². The van der Waals surface area contributed by atoms with Gasteiger partial charge in [0.15, 0.2) is 5.41 Å². The maximum atomic E-state index is 14.4. The van der Waals surface area contributed by atoms with E-state index in [9.17, 15) is 14.7 Å². The Morgan fingerprint density at radius 3 is 2.17 bits per heavy atom. The summed E-state index contributed by atoms with van der Waals surface area (Å²) >= 11 is 6.11. The van der Waals surface area contributed by atoms with Crippen LogP contribution in [0.4, 0.5) is 0 Å². The van der Waals surface area contributed by atoms with Gasteiger partial charge in [-0.15, -0.1) is 0 Å². The molecule has 0 saturated heterocycles. The molecule has 4 aromatic rings. The van der Waals surface area contributed by atoms with Crippen LogP contribution < -0.4 is 0 Å². The number of carboxylic acid groups (broad SMARTS) is 1. The van der Waals surface area contributed by atoms with Gasteiger partial charge in [-0.05, 0) is 43.5 Å². The molecule has 2 atom stereocenters. The summed E-state index contributed by atoms with van der Waals surface area (Å²) in [5.41, 5.74) is 2.88. The summed E-state index contributed by atoms with van der Waals surface area (Å²) in [6.07, 6.45) is 2.39. The smallest absolute Gasteiger partial charge is 0.320 e. The summed E-state index contributed by atoms with van der Waals surface area (Å²) in [5, 5.41) is 15.9. The topological polar surface area (TPSA) is 72.2 Å². The first kappa shape index (κ1) is 23.8. The molecule has 1 aromatic heterocycles. The molecule has 0 saturated carbocycles. The molecule has 0 amide bonds. The summed E-state index contributed by atoms with van der Waals surface area (Å²) < 4.78 is 1.29. The Hall–Kier alpha value is -3.96. The zero-order valence-electron chi connectivity index (χ0n) is 19.8. The standard InChI is InChI=1S/C30H25ClN2O3/c1-20-16-17-30(29(35)36,25(18-20)21-12-14-24(31)15-13-21)28(34)33-27(23-10-6-3-7-11-23)19-26(32-33)22-8-4-2-5-9-22/h2-16,19,25H,17-18H2,1H3,(H,35,36). The second-order valence-electron chi connectivity index (χ2n) is 9.20. The summed E-state index contributed by atoms with van der Waals surface area (Å²) in [7, 11) is 0. The Labute approximate surface area is 214 Å². The summed E-state index contributed by atoms with van der Waals surface area (Å²) in [5.74, 6) is -2.29. The molecule has 0 spiro atoms. The molecular weight excluding hydrogens is 472 g/mol. The Bertz CT molecular complexity index is 1440. The monoisotopic (exact) mass is 496 g/mol. The lowest BCUT2D eigenvalue weighted by atomic mass is 9.63. The van der Waals surface area contributed by atoms with Crippen molar-refractivity contribution in [1.82, 2.24) is 9.78 Å². The summed E-state index contributed by atoms with van der Waals surface area (Å²) in [4.78, 5) is 27.5. The van der Waals surface area contributed by atoms with Gasteiger partial charge in [-0.2, -0.15) is 9.78 Å². The molecule has 2 unspecified atom stereocenters. The van der Waals surface area contributed by atoms with Gasteiger partial charge in [-0.3, -0.25) is 9.59 Å². The average molecular weight is 497 g/mol. The van der Waals surface area contributed by atoms with Crippen LogP contribution in [0.3, 0.4) is 0 Å². The van der Waals surface area contributed by atoms with Crippen molar-refractivity contribution in [3.8, 4) is 22.5 Å². The number of allylic oxidation sites excluding steroid dienone is 2. The molecule has 1 heterocycles. The predicted octanol–water partition coefficient (Wildman–Crippen LogP) is 7.11. The highest BCUT2D eigenvalue weighted by atomic mass is 35.5. The number of carbonyl (C=O) groups excluding carboxylic acids is 1. The van der Waals surface area contributed by atoms with Crippen LogP contribution in [0.1, 0.15) is 36.0 Å². The van der Waals surface area contributed by atoms with Gasteiger partial charge in [-0.1, -0.05) is 96.0 Å². The Morgan fingerprint density at radius 1 is 0.944 bits per heavy atom. The largest absolute Gasteiger partial charge is 0.480 e. The van der Waals surface area contributed by atoms with Gasteiger partial charge in [0.05, 0.1) is 11.4 Å². The molecule has 0 bridgehead atoms. The molecule has 180 valence electrons. The molecule has 5 nitrogen and oxygen atoms in total. The van der Waals surface area contributed by atoms with E-state index < -0.39 is 23.2 Å². The minimum Gasteiger partial charge on any atom is -0.480 e. The van der Waals surface area contributed by atoms with Gasteiger partial charge in [-0.25, -0.2) is 0 Å². The first-order chi connectivity index (χ1) is 17.4. The van der Waals surface area contributed by atoms with Crippen molar-refractivity contribution in [3.63, 3.8) is 0 Å². The van der Waals surface area contributed by atoms with Crippen molar-refractivity contribution in [1.29, 1.82) is 0 Å². The Morgan fingerprint density at radius 2 is 1.56 bits per heavy atom. The SMILES string of the molecule is CC1=CCC(C(=O)O)(C(=O)n2nc(-c3ccccc3)cc2-c2ccccc2)C(c2ccc(Cl)cc2)C1. The second kappa shape index (κ2) is 9.59. The molecule has 0 radical (unpaired) electrons. The summed E-state index contributed by atoms with van der Waals surface area (Å²) in [6.45, 7) is 1.97. The number of benzene rings is 3. The zero-order valence-corrected chi connectivity index (χ0v) is 20.5. The van der Waals surface area contributed by atoms with E-state index >= 15 is 0 Å². The highest BCUT2D eigenvalue weighted by Crippen LogP contribution is 2.49. The fourth-order valence-electron chi connectivity index (χ4n) is 5.01. The third-order valence-corrected chi connectivity index (χ3v) is 7.22. The molecule has 1 N–H and O–H groups in total. The predicted molar refractivity (Wildman–Crippen MR) is 141 cm³/mol. The van der Waals surface area contributed by atoms with Crippen molar-refractivity contribution in [3.05, 3.63) is 113 Å². The van der Waals surface area contributed by atoms with Gasteiger partial charge >= 0.3 is 5.97 Å². The number of nitrogens with zero attached hydrogens (tertiary/aromatic N) is 2. The Kier molecular flexibility index (Phi) is 6.33. The van der Waals surface area contributed by atoms with Gasteiger partial charge in [0.2, 0.25) is 0 Å².